The summed E-state index contributed by atoms with van der Waals surface area (Å²) < 4.78 is 0. The van der Waals surface area contributed by atoms with Crippen molar-refractivity contribution in [1.29, 1.82) is 0 Å². The van der Waals surface area contributed by atoms with E-state index < -0.39 is 5.60 Å². The zero-order valence-corrected chi connectivity index (χ0v) is 14.8. The summed E-state index contributed by atoms with van der Waals surface area (Å²) in [5, 5.41) is 19.9. The van der Waals surface area contributed by atoms with Gasteiger partial charge in [-0.2, -0.15) is 11.3 Å². The van der Waals surface area contributed by atoms with E-state index in [4.69, 9.17) is 0 Å². The highest BCUT2D eigenvalue weighted by atomic mass is 32.1. The number of benzene rings is 1. The molecule has 24 heavy (non-hydrogen) atoms. The van der Waals surface area contributed by atoms with Gasteiger partial charge >= 0.3 is 0 Å². The van der Waals surface area contributed by atoms with Gasteiger partial charge in [-0.25, -0.2) is 0 Å². The molecule has 5 heteroatoms. The highest BCUT2D eigenvalue weighted by Gasteiger charge is 2.33. The largest absolute Gasteiger partial charge is 0.378 e. The van der Waals surface area contributed by atoms with E-state index in [1.54, 1.807) is 0 Å². The predicted octanol–water partition coefficient (Wildman–Crippen LogP) is 3.79. The fraction of sp³-hybridized carbons (Fsp3) is 0.211. The van der Waals surface area contributed by atoms with E-state index in [0.717, 1.165) is 16.0 Å². The molecule has 1 aromatic carbocycles. The van der Waals surface area contributed by atoms with E-state index in [9.17, 15) is 9.90 Å². The third-order valence-electron chi connectivity index (χ3n) is 3.95. The van der Waals surface area contributed by atoms with Gasteiger partial charge in [-0.15, -0.1) is 11.3 Å². The van der Waals surface area contributed by atoms with Crippen LogP contribution in [-0.2, 0) is 16.8 Å². The Hall–Kier alpha value is -1.95. The summed E-state index contributed by atoms with van der Waals surface area (Å²) in [5.74, 6) is -0.0518. The van der Waals surface area contributed by atoms with Crippen molar-refractivity contribution in [2.24, 2.45) is 0 Å². The van der Waals surface area contributed by atoms with Crippen molar-refractivity contribution < 1.29 is 9.90 Å². The van der Waals surface area contributed by atoms with Crippen LogP contribution >= 0.6 is 22.7 Å². The Bertz CT molecular complexity index is 718. The first-order valence-corrected chi connectivity index (χ1v) is 9.60. The molecule has 0 saturated carbocycles. The first-order chi connectivity index (χ1) is 11.7. The number of thiophene rings is 2. The van der Waals surface area contributed by atoms with Crippen LogP contribution < -0.4 is 5.32 Å². The summed E-state index contributed by atoms with van der Waals surface area (Å²) in [6.45, 7) is 0.178. The molecule has 0 spiro atoms. The topological polar surface area (TPSA) is 49.3 Å². The van der Waals surface area contributed by atoms with E-state index in [1.165, 1.54) is 22.7 Å². The van der Waals surface area contributed by atoms with E-state index in [2.05, 4.69) is 5.32 Å². The van der Waals surface area contributed by atoms with Gasteiger partial charge in [-0.3, -0.25) is 4.79 Å². The maximum Gasteiger partial charge on any atom is 0.220 e. The number of carbonyl (C=O) groups is 1. The average Bonchev–Trinajstić information content (AvgIpc) is 3.32. The Morgan fingerprint density at radius 2 is 1.92 bits per heavy atom. The number of hydrogen-bond donors (Lipinski definition) is 2. The van der Waals surface area contributed by atoms with Crippen molar-refractivity contribution in [3.63, 3.8) is 0 Å². The molecule has 0 fully saturated rings. The molecule has 0 radical (unpaired) electrons. The van der Waals surface area contributed by atoms with Crippen LogP contribution in [0.2, 0.25) is 0 Å². The minimum atomic E-state index is -1.17. The van der Waals surface area contributed by atoms with Crippen LogP contribution in [0.1, 0.15) is 22.4 Å². The standard InChI is InChI=1S/C19H19NO2S2/c21-18(9-8-15-5-2-1-3-6-15)20-14-19(22,16-10-12-23-13-16)17-7-4-11-24-17/h1-7,10-13,22H,8-9,14H2,(H,20,21). The maximum absolute atomic E-state index is 12.2. The van der Waals surface area contributed by atoms with Gasteiger partial charge in [-0.1, -0.05) is 36.4 Å². The molecule has 0 aliphatic heterocycles. The molecule has 3 nitrogen and oxygen atoms in total. The lowest BCUT2D eigenvalue weighted by molar-refractivity contribution is -0.122. The molecule has 0 bridgehead atoms. The second-order valence-corrected chi connectivity index (χ2v) is 7.34. The number of aryl methyl sites for hydroxylation is 1. The molecule has 2 N–H and O–H groups in total. The lowest BCUT2D eigenvalue weighted by atomic mass is 9.94. The van der Waals surface area contributed by atoms with Crippen molar-refractivity contribution in [2.45, 2.75) is 18.4 Å². The Morgan fingerprint density at radius 1 is 1.08 bits per heavy atom. The molecule has 0 saturated heterocycles. The summed E-state index contributed by atoms with van der Waals surface area (Å²) in [4.78, 5) is 13.0. The van der Waals surface area contributed by atoms with Gasteiger partial charge in [-0.05, 0) is 40.3 Å². The number of hydrogen-bond acceptors (Lipinski definition) is 4. The van der Waals surface area contributed by atoms with Gasteiger partial charge in [0.15, 0.2) is 0 Å². The lowest BCUT2D eigenvalue weighted by Crippen LogP contribution is -2.41. The molecule has 3 aromatic rings. The number of rotatable bonds is 7. The first kappa shape index (κ1) is 16.9. The van der Waals surface area contributed by atoms with Crippen molar-refractivity contribution in [3.8, 4) is 0 Å². The van der Waals surface area contributed by atoms with Gasteiger partial charge in [0.05, 0.1) is 6.54 Å². The number of amides is 1. The SMILES string of the molecule is O=C(CCc1ccccc1)NCC(O)(c1ccsc1)c1cccs1. The van der Waals surface area contributed by atoms with Crippen molar-refractivity contribution >= 4 is 28.6 Å². The zero-order valence-electron chi connectivity index (χ0n) is 13.1. The minimum Gasteiger partial charge on any atom is -0.378 e. The number of carbonyl (C=O) groups excluding carboxylic acids is 1. The van der Waals surface area contributed by atoms with Gasteiger partial charge in [0.25, 0.3) is 0 Å². The van der Waals surface area contributed by atoms with Crippen LogP contribution in [0.15, 0.2) is 64.7 Å². The smallest absolute Gasteiger partial charge is 0.220 e. The Kier molecular flexibility index (Phi) is 5.45. The summed E-state index contributed by atoms with van der Waals surface area (Å²) in [6.07, 6.45) is 1.11. The van der Waals surface area contributed by atoms with E-state index in [1.807, 2.05) is 64.7 Å². The minimum absolute atomic E-state index is 0.0518. The Labute approximate surface area is 149 Å². The highest BCUT2D eigenvalue weighted by Crippen LogP contribution is 2.33. The normalized spacial score (nSPS) is 13.4. The van der Waals surface area contributed by atoms with E-state index in [-0.39, 0.29) is 12.5 Å². The van der Waals surface area contributed by atoms with Gasteiger partial charge in [0.1, 0.15) is 5.60 Å². The van der Waals surface area contributed by atoms with Gasteiger partial charge < -0.3 is 10.4 Å². The molecular formula is C19H19NO2S2. The fourth-order valence-electron chi connectivity index (χ4n) is 2.56. The lowest BCUT2D eigenvalue weighted by Gasteiger charge is -2.27. The Balaban J connectivity index is 1.63. The Morgan fingerprint density at radius 3 is 2.58 bits per heavy atom. The maximum atomic E-state index is 12.2. The quantitative estimate of drug-likeness (QED) is 0.676. The molecular weight excluding hydrogens is 338 g/mol. The van der Waals surface area contributed by atoms with Crippen molar-refractivity contribution in [2.75, 3.05) is 6.54 Å². The molecule has 124 valence electrons. The first-order valence-electron chi connectivity index (χ1n) is 7.78. The van der Waals surface area contributed by atoms with Crippen molar-refractivity contribution in [1.82, 2.24) is 5.32 Å². The summed E-state index contributed by atoms with van der Waals surface area (Å²) in [6, 6.07) is 15.7. The molecule has 3 rings (SSSR count). The molecule has 1 atom stereocenters. The van der Waals surface area contributed by atoms with Crippen molar-refractivity contribution in [3.05, 3.63) is 80.7 Å². The third-order valence-corrected chi connectivity index (χ3v) is 5.66. The predicted molar refractivity (Wildman–Crippen MR) is 99.4 cm³/mol. The highest BCUT2D eigenvalue weighted by molar-refractivity contribution is 7.10. The van der Waals surface area contributed by atoms with Crippen LogP contribution in [0.4, 0.5) is 0 Å². The summed E-state index contributed by atoms with van der Waals surface area (Å²) in [5.41, 5.74) is 0.786. The summed E-state index contributed by atoms with van der Waals surface area (Å²) in [7, 11) is 0. The second-order valence-electron chi connectivity index (χ2n) is 5.61. The second kappa shape index (κ2) is 7.75. The van der Waals surface area contributed by atoms with Crippen LogP contribution in [0, 0.1) is 0 Å². The average molecular weight is 358 g/mol. The van der Waals surface area contributed by atoms with Crippen LogP contribution in [0.5, 0.6) is 0 Å². The van der Waals surface area contributed by atoms with E-state index >= 15 is 0 Å². The molecule has 2 heterocycles. The van der Waals surface area contributed by atoms with Crippen LogP contribution in [0.25, 0.3) is 0 Å². The van der Waals surface area contributed by atoms with Gasteiger partial charge in [0, 0.05) is 16.9 Å². The van der Waals surface area contributed by atoms with E-state index in [0.29, 0.717) is 12.8 Å². The monoisotopic (exact) mass is 357 g/mol. The molecule has 0 aliphatic carbocycles. The molecule has 1 amide bonds. The molecule has 1 unspecified atom stereocenters. The third kappa shape index (κ3) is 3.93. The zero-order chi connectivity index (χ0) is 16.8. The molecule has 0 aliphatic rings. The fourth-order valence-corrected chi connectivity index (χ4v) is 4.13. The number of nitrogens with one attached hydrogen (secondary N) is 1. The van der Waals surface area contributed by atoms with Crippen LogP contribution in [0.3, 0.4) is 0 Å². The van der Waals surface area contributed by atoms with Gasteiger partial charge in [0.2, 0.25) is 5.91 Å². The van der Waals surface area contributed by atoms with Crippen LogP contribution in [-0.4, -0.2) is 17.6 Å². The summed E-state index contributed by atoms with van der Waals surface area (Å²) >= 11 is 3.03. The number of aliphatic hydroxyl groups is 1. The molecule has 2 aromatic heterocycles.